The zero-order chi connectivity index (χ0) is 14.4. The number of anilines is 1. The molecule has 2 rings (SSSR count). The number of nitrogens with one attached hydrogen (secondary N) is 1. The van der Waals surface area contributed by atoms with E-state index in [4.69, 9.17) is 4.74 Å². The minimum Gasteiger partial charge on any atom is -0.380 e. The van der Waals surface area contributed by atoms with E-state index in [-0.39, 0.29) is 18.1 Å². The summed E-state index contributed by atoms with van der Waals surface area (Å²) in [7, 11) is 1.70. The average Bonchev–Trinajstić information content (AvgIpc) is 2.90. The van der Waals surface area contributed by atoms with Gasteiger partial charge in [0, 0.05) is 26.4 Å². The lowest BCUT2D eigenvalue weighted by Gasteiger charge is -2.25. The summed E-state index contributed by atoms with van der Waals surface area (Å²) in [6.07, 6.45) is 4.22. The number of aromatic nitrogens is 2. The Labute approximate surface area is 118 Å². The molecule has 0 radical (unpaired) electrons. The molecule has 6 nitrogen and oxygen atoms in total. The number of hydrogen-bond acceptors (Lipinski definition) is 5. The van der Waals surface area contributed by atoms with Crippen LogP contribution in [0.15, 0.2) is 18.6 Å². The van der Waals surface area contributed by atoms with Crippen LogP contribution in [0.4, 0.5) is 5.82 Å². The van der Waals surface area contributed by atoms with Gasteiger partial charge >= 0.3 is 0 Å². The molecular formula is C14H18N4O2. The topological polar surface area (TPSA) is 67.3 Å². The van der Waals surface area contributed by atoms with Crippen molar-refractivity contribution in [3.05, 3.63) is 18.6 Å². The monoisotopic (exact) mass is 274 g/mol. The first-order valence-electron chi connectivity index (χ1n) is 6.50. The van der Waals surface area contributed by atoms with Crippen LogP contribution in [0.2, 0.25) is 0 Å². The average molecular weight is 274 g/mol. The molecule has 1 N–H and O–H groups in total. The molecule has 0 spiro atoms. The quantitative estimate of drug-likeness (QED) is 0.795. The predicted octanol–water partition coefficient (Wildman–Crippen LogP) is 0.210. The molecule has 2 heterocycles. The van der Waals surface area contributed by atoms with E-state index in [1.54, 1.807) is 20.2 Å². The van der Waals surface area contributed by atoms with Gasteiger partial charge in [-0.05, 0) is 25.3 Å². The fourth-order valence-corrected chi connectivity index (χ4v) is 2.34. The van der Waals surface area contributed by atoms with E-state index in [2.05, 4.69) is 32.0 Å². The molecule has 20 heavy (non-hydrogen) atoms. The number of hydrogen-bond donors (Lipinski definition) is 1. The summed E-state index contributed by atoms with van der Waals surface area (Å²) in [5, 5.41) is 2.82. The molecule has 1 aliphatic heterocycles. The van der Waals surface area contributed by atoms with Crippen molar-refractivity contribution in [2.75, 3.05) is 25.1 Å². The molecule has 2 atom stereocenters. The number of rotatable bonds is 4. The highest BCUT2D eigenvalue weighted by Crippen LogP contribution is 2.24. The van der Waals surface area contributed by atoms with E-state index >= 15 is 0 Å². The van der Waals surface area contributed by atoms with Crippen molar-refractivity contribution in [3.63, 3.8) is 0 Å². The van der Waals surface area contributed by atoms with Crippen LogP contribution >= 0.6 is 0 Å². The predicted molar refractivity (Wildman–Crippen MR) is 75.0 cm³/mol. The first kappa shape index (κ1) is 14.3. The highest BCUT2D eigenvalue weighted by Gasteiger charge is 2.33. The SMILES string of the molecule is CC#CC(=O)NC[C@H]1C[C@@H](OC)CN1c1ccncn1. The van der Waals surface area contributed by atoms with Crippen molar-refractivity contribution in [1.82, 2.24) is 15.3 Å². The van der Waals surface area contributed by atoms with Crippen molar-refractivity contribution in [1.29, 1.82) is 0 Å². The van der Waals surface area contributed by atoms with Gasteiger partial charge in [0.2, 0.25) is 0 Å². The number of ether oxygens (including phenoxy) is 1. The second kappa shape index (κ2) is 6.87. The summed E-state index contributed by atoms with van der Waals surface area (Å²) in [5.74, 6) is 5.65. The first-order valence-corrected chi connectivity index (χ1v) is 6.50. The summed E-state index contributed by atoms with van der Waals surface area (Å²) in [6.45, 7) is 2.92. The zero-order valence-corrected chi connectivity index (χ0v) is 11.7. The lowest BCUT2D eigenvalue weighted by atomic mass is 10.2. The number of carbonyl (C=O) groups is 1. The summed E-state index contributed by atoms with van der Waals surface area (Å²) < 4.78 is 5.42. The van der Waals surface area contributed by atoms with Gasteiger partial charge in [0.05, 0.1) is 12.1 Å². The number of methoxy groups -OCH3 is 1. The maximum absolute atomic E-state index is 11.4. The fraction of sp³-hybridized carbons (Fsp3) is 0.500. The minimum absolute atomic E-state index is 0.143. The van der Waals surface area contributed by atoms with Crippen LogP contribution < -0.4 is 10.2 Å². The van der Waals surface area contributed by atoms with E-state index in [1.807, 2.05) is 6.07 Å². The minimum atomic E-state index is -0.254. The normalized spacial score (nSPS) is 21.2. The molecule has 1 aromatic heterocycles. The molecule has 1 aromatic rings. The molecule has 1 saturated heterocycles. The highest BCUT2D eigenvalue weighted by molar-refractivity contribution is 5.93. The van der Waals surface area contributed by atoms with Gasteiger partial charge in [-0.1, -0.05) is 5.92 Å². The van der Waals surface area contributed by atoms with Gasteiger partial charge in [0.1, 0.15) is 12.1 Å². The van der Waals surface area contributed by atoms with Gasteiger partial charge in [-0.15, -0.1) is 0 Å². The van der Waals surface area contributed by atoms with E-state index in [1.165, 1.54) is 6.33 Å². The van der Waals surface area contributed by atoms with Gasteiger partial charge in [0.15, 0.2) is 0 Å². The maximum Gasteiger partial charge on any atom is 0.295 e. The molecule has 1 fully saturated rings. The summed E-state index contributed by atoms with van der Waals surface area (Å²) in [6, 6.07) is 2.01. The molecule has 0 aliphatic carbocycles. The third kappa shape index (κ3) is 3.45. The lowest BCUT2D eigenvalue weighted by Crippen LogP contribution is -2.40. The molecule has 1 amide bonds. The first-order chi connectivity index (χ1) is 9.74. The fourth-order valence-electron chi connectivity index (χ4n) is 2.34. The molecule has 0 bridgehead atoms. The molecular weight excluding hydrogens is 256 g/mol. The summed E-state index contributed by atoms with van der Waals surface area (Å²) >= 11 is 0. The van der Waals surface area contributed by atoms with Crippen LogP contribution in [-0.4, -0.2) is 48.2 Å². The van der Waals surface area contributed by atoms with Gasteiger partial charge in [0.25, 0.3) is 5.91 Å². The van der Waals surface area contributed by atoms with Crippen LogP contribution in [0.25, 0.3) is 0 Å². The van der Waals surface area contributed by atoms with E-state index in [0.29, 0.717) is 6.54 Å². The lowest BCUT2D eigenvalue weighted by molar-refractivity contribution is -0.115. The maximum atomic E-state index is 11.4. The van der Waals surface area contributed by atoms with Crippen molar-refractivity contribution in [3.8, 4) is 11.8 Å². The molecule has 0 unspecified atom stereocenters. The second-order valence-electron chi connectivity index (χ2n) is 4.55. The zero-order valence-electron chi connectivity index (χ0n) is 11.7. The largest absolute Gasteiger partial charge is 0.380 e. The number of amides is 1. The third-order valence-corrected chi connectivity index (χ3v) is 3.31. The van der Waals surface area contributed by atoms with Gasteiger partial charge in [-0.3, -0.25) is 4.79 Å². The Hall–Kier alpha value is -2.13. The van der Waals surface area contributed by atoms with Crippen LogP contribution in [0.3, 0.4) is 0 Å². The Bertz CT molecular complexity index is 509. The van der Waals surface area contributed by atoms with Crippen LogP contribution in [0.5, 0.6) is 0 Å². The van der Waals surface area contributed by atoms with Crippen molar-refractivity contribution in [2.45, 2.75) is 25.5 Å². The van der Waals surface area contributed by atoms with Gasteiger partial charge in [-0.2, -0.15) is 0 Å². The molecule has 1 aliphatic rings. The van der Waals surface area contributed by atoms with Crippen LogP contribution in [0, 0.1) is 11.8 Å². The van der Waals surface area contributed by atoms with Crippen molar-refractivity contribution < 1.29 is 9.53 Å². The standard InChI is InChI=1S/C14H18N4O2/c1-3-4-14(19)16-8-11-7-12(20-2)9-18(11)13-5-6-15-10-17-13/h5-6,10-12H,7-9H2,1-2H3,(H,16,19)/t11-,12-/m1/s1. The van der Waals surface area contributed by atoms with Gasteiger partial charge < -0.3 is 15.0 Å². The van der Waals surface area contributed by atoms with E-state index in [0.717, 1.165) is 18.8 Å². The molecule has 0 saturated carbocycles. The van der Waals surface area contributed by atoms with E-state index < -0.39 is 0 Å². The smallest absolute Gasteiger partial charge is 0.295 e. The molecule has 0 aromatic carbocycles. The van der Waals surface area contributed by atoms with Gasteiger partial charge in [-0.25, -0.2) is 9.97 Å². The molecule has 6 heteroatoms. The Morgan fingerprint density at radius 3 is 3.15 bits per heavy atom. The number of carbonyl (C=O) groups excluding carboxylic acids is 1. The van der Waals surface area contributed by atoms with Crippen molar-refractivity contribution in [2.24, 2.45) is 0 Å². The third-order valence-electron chi connectivity index (χ3n) is 3.31. The van der Waals surface area contributed by atoms with Crippen LogP contribution in [0.1, 0.15) is 13.3 Å². The Balaban J connectivity index is 2.04. The summed E-state index contributed by atoms with van der Waals surface area (Å²) in [5.41, 5.74) is 0. The second-order valence-corrected chi connectivity index (χ2v) is 4.55. The molecule has 106 valence electrons. The van der Waals surface area contributed by atoms with E-state index in [9.17, 15) is 4.79 Å². The highest BCUT2D eigenvalue weighted by atomic mass is 16.5. The summed E-state index contributed by atoms with van der Waals surface area (Å²) in [4.78, 5) is 21.8. The Morgan fingerprint density at radius 1 is 1.65 bits per heavy atom. The van der Waals surface area contributed by atoms with Crippen LogP contribution in [-0.2, 0) is 9.53 Å². The Morgan fingerprint density at radius 2 is 2.50 bits per heavy atom. The number of nitrogens with zero attached hydrogens (tertiary/aromatic N) is 3. The van der Waals surface area contributed by atoms with Crippen molar-refractivity contribution >= 4 is 11.7 Å². The Kier molecular flexibility index (Phi) is 4.91.